The van der Waals surface area contributed by atoms with Crippen LogP contribution in [0, 0.1) is 0 Å². The first-order valence-electron chi connectivity index (χ1n) is 25.5. The lowest BCUT2D eigenvalue weighted by molar-refractivity contribution is 1.29. The highest BCUT2D eigenvalue weighted by molar-refractivity contribution is 7.03. The van der Waals surface area contributed by atoms with Crippen molar-refractivity contribution in [3.63, 3.8) is 0 Å². The first-order valence-corrected chi connectivity index (χ1v) is 31.5. The number of para-hydroxylation sites is 4. The van der Waals surface area contributed by atoms with Gasteiger partial charge in [0.05, 0.1) is 33.5 Å². The molecule has 0 N–H and O–H groups in total. The molecule has 0 amide bonds. The van der Waals surface area contributed by atoms with Gasteiger partial charge in [0, 0.05) is 79.2 Å². The predicted molar refractivity (Wildman–Crippen MR) is 316 cm³/mol. The van der Waals surface area contributed by atoms with E-state index in [1.54, 1.807) is 0 Å². The van der Waals surface area contributed by atoms with Crippen molar-refractivity contribution in [1.82, 2.24) is 19.9 Å². The minimum absolute atomic E-state index is 0.883. The molecule has 2 aliphatic heterocycles. The molecule has 0 bridgehead atoms. The van der Waals surface area contributed by atoms with Crippen LogP contribution in [-0.4, -0.2) is 36.1 Å². The normalized spacial score (nSPS) is 14.4. The summed E-state index contributed by atoms with van der Waals surface area (Å²) in [5, 5.41) is 14.3. The standard InChI is InChI=1S/C66H48N6Si2/c1-73(2)57-21-9-5-17-53(57)71(54-18-6-10-22-58(54)73)45-31-33-47-49(39-45)61(51-35-29-43-27-25-41-15-13-37-67-63(41)65(43)69-51)48-34-32-46(72-55-19-7-11-23-59(55)74(3,4)60-24-12-8-20-56(60)72)40-50(48)62(47)52-36-30-44-28-26-42-16-14-38-68-64(42)66(44)70-52/h5-40H,1-4H3. The lowest BCUT2D eigenvalue weighted by atomic mass is 9.87. The molecule has 0 radical (unpaired) electrons. The number of pyridine rings is 4. The molecule has 4 aromatic heterocycles. The second-order valence-electron chi connectivity index (χ2n) is 21.0. The molecule has 13 aromatic rings. The zero-order valence-electron chi connectivity index (χ0n) is 41.5. The van der Waals surface area contributed by atoms with Gasteiger partial charge >= 0.3 is 0 Å². The third-order valence-corrected chi connectivity index (χ3v) is 23.3. The van der Waals surface area contributed by atoms with Gasteiger partial charge in [-0.15, -0.1) is 0 Å². The van der Waals surface area contributed by atoms with E-state index in [9.17, 15) is 0 Å². The molecule has 0 saturated heterocycles. The fourth-order valence-corrected chi connectivity index (χ4v) is 18.6. The van der Waals surface area contributed by atoms with Gasteiger partial charge < -0.3 is 9.80 Å². The molecule has 0 unspecified atom stereocenters. The number of aromatic nitrogens is 4. The number of nitrogens with zero attached hydrogens (tertiary/aromatic N) is 6. The Hall–Kier alpha value is -8.83. The minimum Gasteiger partial charge on any atom is -0.311 e. The topological polar surface area (TPSA) is 58.0 Å². The first kappa shape index (κ1) is 42.8. The average molecular weight is 981 g/mol. The fourth-order valence-electron chi connectivity index (χ4n) is 12.7. The zero-order chi connectivity index (χ0) is 49.5. The van der Waals surface area contributed by atoms with Gasteiger partial charge in [0.15, 0.2) is 0 Å². The first-order chi connectivity index (χ1) is 36.2. The molecule has 6 heterocycles. The van der Waals surface area contributed by atoms with Crippen LogP contribution in [0.15, 0.2) is 219 Å². The van der Waals surface area contributed by atoms with Crippen LogP contribution in [0.1, 0.15) is 0 Å². The molecule has 0 spiro atoms. The van der Waals surface area contributed by atoms with Gasteiger partial charge in [0.2, 0.25) is 0 Å². The Morgan fingerprint density at radius 3 is 1.03 bits per heavy atom. The lowest BCUT2D eigenvalue weighted by Crippen LogP contribution is -2.58. The van der Waals surface area contributed by atoms with Gasteiger partial charge in [-0.05, 0) is 115 Å². The summed E-state index contributed by atoms with van der Waals surface area (Å²) < 4.78 is 0. The summed E-state index contributed by atoms with van der Waals surface area (Å²) in [4.78, 5) is 26.2. The van der Waals surface area contributed by atoms with Crippen molar-refractivity contribution in [2.75, 3.05) is 9.80 Å². The Balaban J connectivity index is 1.09. The quantitative estimate of drug-likeness (QED) is 0.0995. The van der Waals surface area contributed by atoms with Crippen molar-refractivity contribution in [2.45, 2.75) is 26.2 Å². The molecule has 350 valence electrons. The number of hydrogen-bond acceptors (Lipinski definition) is 6. The maximum Gasteiger partial charge on any atom is 0.117 e. The summed E-state index contributed by atoms with van der Waals surface area (Å²) in [7, 11) is -4.10. The van der Waals surface area contributed by atoms with E-state index in [-0.39, 0.29) is 0 Å². The van der Waals surface area contributed by atoms with E-state index < -0.39 is 16.1 Å². The number of hydrogen-bond donors (Lipinski definition) is 0. The van der Waals surface area contributed by atoms with E-state index in [2.05, 4.69) is 230 Å². The van der Waals surface area contributed by atoms with E-state index in [1.807, 2.05) is 24.5 Å². The molecule has 8 heteroatoms. The molecule has 6 nitrogen and oxygen atoms in total. The third kappa shape index (κ3) is 6.16. The van der Waals surface area contributed by atoms with Gasteiger partial charge in [0.1, 0.15) is 16.1 Å². The van der Waals surface area contributed by atoms with Crippen molar-refractivity contribution in [1.29, 1.82) is 0 Å². The molecule has 2 aliphatic rings. The largest absolute Gasteiger partial charge is 0.311 e. The van der Waals surface area contributed by atoms with Crippen LogP contribution in [0.3, 0.4) is 0 Å². The second kappa shape index (κ2) is 15.8. The van der Waals surface area contributed by atoms with Crippen LogP contribution >= 0.6 is 0 Å². The third-order valence-electron chi connectivity index (χ3n) is 16.2. The predicted octanol–water partition coefficient (Wildman–Crippen LogP) is 14.7. The van der Waals surface area contributed by atoms with Crippen LogP contribution in [0.5, 0.6) is 0 Å². The number of fused-ring (bicyclic) bond motifs is 12. The maximum atomic E-state index is 5.67. The molecule has 0 atom stereocenters. The van der Waals surface area contributed by atoms with Crippen LogP contribution < -0.4 is 30.5 Å². The van der Waals surface area contributed by atoms with Crippen LogP contribution in [0.4, 0.5) is 34.1 Å². The van der Waals surface area contributed by atoms with Gasteiger partial charge in [-0.1, -0.05) is 160 Å². The van der Waals surface area contributed by atoms with Crippen LogP contribution in [0.2, 0.25) is 26.2 Å². The minimum atomic E-state index is -2.05. The highest BCUT2D eigenvalue weighted by Crippen LogP contribution is 2.49. The average Bonchev–Trinajstić information content (AvgIpc) is 3.47. The zero-order valence-corrected chi connectivity index (χ0v) is 43.5. The van der Waals surface area contributed by atoms with Gasteiger partial charge in [0.25, 0.3) is 0 Å². The van der Waals surface area contributed by atoms with E-state index in [0.29, 0.717) is 0 Å². The summed E-state index contributed by atoms with van der Waals surface area (Å²) in [6, 6.07) is 76.1. The number of rotatable bonds is 4. The number of anilines is 6. The summed E-state index contributed by atoms with van der Waals surface area (Å²) in [6.45, 7) is 9.93. The Kier molecular flexibility index (Phi) is 9.16. The van der Waals surface area contributed by atoms with Gasteiger partial charge in [-0.25, -0.2) is 9.97 Å². The molecule has 0 fully saturated rings. The Bertz CT molecular complexity index is 4160. The monoisotopic (exact) mass is 980 g/mol. The highest BCUT2D eigenvalue weighted by Gasteiger charge is 2.40. The molecule has 74 heavy (non-hydrogen) atoms. The van der Waals surface area contributed by atoms with E-state index in [4.69, 9.17) is 19.9 Å². The van der Waals surface area contributed by atoms with E-state index >= 15 is 0 Å². The Morgan fingerprint density at radius 1 is 0.311 bits per heavy atom. The summed E-state index contributed by atoms with van der Waals surface area (Å²) >= 11 is 0. The summed E-state index contributed by atoms with van der Waals surface area (Å²) in [5.41, 5.74) is 14.6. The maximum absolute atomic E-state index is 5.67. The lowest BCUT2D eigenvalue weighted by Gasteiger charge is -2.41. The molecular weight excluding hydrogens is 933 g/mol. The number of benzene rings is 9. The van der Waals surface area contributed by atoms with Gasteiger partial charge in [-0.2, -0.15) is 0 Å². The molecule has 0 saturated carbocycles. The van der Waals surface area contributed by atoms with Crippen LogP contribution in [-0.2, 0) is 0 Å². The second-order valence-corrected chi connectivity index (χ2v) is 29.7. The van der Waals surface area contributed by atoms with Crippen molar-refractivity contribution in [3.05, 3.63) is 219 Å². The smallest absolute Gasteiger partial charge is 0.117 e. The van der Waals surface area contributed by atoms with Crippen molar-refractivity contribution < 1.29 is 0 Å². The van der Waals surface area contributed by atoms with E-state index in [1.165, 1.54) is 43.5 Å². The molecule has 15 rings (SSSR count). The Labute approximate surface area is 430 Å². The van der Waals surface area contributed by atoms with Crippen molar-refractivity contribution >= 4 is 136 Å². The Morgan fingerprint density at radius 2 is 0.649 bits per heavy atom. The SMILES string of the molecule is C[Si]1(C)c2ccccc2N(c2ccc3c(-c4ccc5ccc6cccnc6c5n4)c4cc(N5c6ccccc6[Si](C)(C)c6ccccc65)ccc4c(-c4ccc5ccc6cccnc6c5n4)c3c2)c2ccccc21. The van der Waals surface area contributed by atoms with E-state index in [0.717, 1.165) is 99.0 Å². The molecular formula is C66H48N6Si2. The molecule has 9 aromatic carbocycles. The fraction of sp³-hybridized carbons (Fsp3) is 0.0606. The van der Waals surface area contributed by atoms with Crippen LogP contribution in [0.25, 0.3) is 87.7 Å². The summed E-state index contributed by atoms with van der Waals surface area (Å²) in [6.07, 6.45) is 3.75. The van der Waals surface area contributed by atoms with Crippen molar-refractivity contribution in [3.8, 4) is 22.5 Å². The molecule has 0 aliphatic carbocycles. The highest BCUT2D eigenvalue weighted by atomic mass is 28.3. The van der Waals surface area contributed by atoms with Gasteiger partial charge in [-0.3, -0.25) is 9.97 Å². The summed E-state index contributed by atoms with van der Waals surface area (Å²) in [5.74, 6) is 0. The van der Waals surface area contributed by atoms with Crippen molar-refractivity contribution in [2.24, 2.45) is 0 Å².